The van der Waals surface area contributed by atoms with Crippen LogP contribution in [0.3, 0.4) is 0 Å². The van der Waals surface area contributed by atoms with E-state index in [2.05, 4.69) is 20.1 Å². The average Bonchev–Trinajstić information content (AvgIpc) is 0.767. The van der Waals surface area contributed by atoms with Gasteiger partial charge in [0.15, 0.2) is 50.3 Å². The zero-order valence-corrected chi connectivity index (χ0v) is 54.7. The highest BCUT2D eigenvalue weighted by Crippen LogP contribution is 2.39. The van der Waals surface area contributed by atoms with Gasteiger partial charge >= 0.3 is 10.4 Å². The maximum atomic E-state index is 13.0. The van der Waals surface area contributed by atoms with Crippen LogP contribution in [-0.2, 0) is 100 Å². The Balaban J connectivity index is 1.11. The van der Waals surface area contributed by atoms with Crippen molar-refractivity contribution in [1.29, 1.82) is 0 Å². The number of rotatable bonds is 26. The molecule has 8 saturated heterocycles. The van der Waals surface area contributed by atoms with Crippen LogP contribution in [-0.4, -0.2) is 430 Å². The molecule has 0 bridgehead atoms. The maximum absolute atomic E-state index is 13.0. The highest BCUT2D eigenvalue weighted by Gasteiger charge is 2.60. The van der Waals surface area contributed by atoms with Crippen LogP contribution in [0.5, 0.6) is 0 Å². The molecule has 3 amide bonds. The van der Waals surface area contributed by atoms with E-state index in [0.29, 0.717) is 0 Å². The predicted octanol–water partition coefficient (Wildman–Crippen LogP) is -17.2. The summed E-state index contributed by atoms with van der Waals surface area (Å²) >= 11 is 0. The van der Waals surface area contributed by atoms with Crippen molar-refractivity contribution >= 4 is 28.1 Å². The van der Waals surface area contributed by atoms with E-state index in [0.717, 1.165) is 20.8 Å². The van der Waals surface area contributed by atoms with E-state index < -0.39 is 320 Å². The molecule has 101 heavy (non-hydrogen) atoms. The molecule has 8 aliphatic rings. The van der Waals surface area contributed by atoms with Crippen molar-refractivity contribution in [3.05, 3.63) is 0 Å². The zero-order valence-electron chi connectivity index (χ0n) is 53.9. The molecular weight excluding hydrogens is 1410 g/mol. The Morgan fingerprint density at radius 1 is 0.327 bits per heavy atom. The molecule has 0 radical (unpaired) electrons. The number of nitrogens with one attached hydrogen (secondary N) is 3. The van der Waals surface area contributed by atoms with Gasteiger partial charge in [-0.1, -0.05) is 0 Å². The van der Waals surface area contributed by atoms with E-state index in [-0.39, 0.29) is 0 Å². The fourth-order valence-corrected chi connectivity index (χ4v) is 13.2. The lowest BCUT2D eigenvalue weighted by atomic mass is 9.93. The van der Waals surface area contributed by atoms with Gasteiger partial charge in [-0.15, -0.1) is 0 Å². The Morgan fingerprint density at radius 3 is 1.27 bits per heavy atom. The van der Waals surface area contributed by atoms with E-state index in [1.54, 1.807) is 0 Å². The summed E-state index contributed by atoms with van der Waals surface area (Å²) < 4.78 is 125. The van der Waals surface area contributed by atoms with Crippen molar-refractivity contribution < 1.29 is 210 Å². The van der Waals surface area contributed by atoms with Crippen molar-refractivity contribution in [3.63, 3.8) is 0 Å². The van der Waals surface area contributed by atoms with Crippen LogP contribution in [0.25, 0.3) is 0 Å². The van der Waals surface area contributed by atoms with Crippen molar-refractivity contribution in [1.82, 2.24) is 16.0 Å². The van der Waals surface area contributed by atoms with Crippen LogP contribution >= 0.6 is 0 Å². The molecule has 0 unspecified atom stereocenters. The predicted molar refractivity (Wildman–Crippen MR) is 308 cm³/mol. The summed E-state index contributed by atoms with van der Waals surface area (Å²) in [5.74, 6) is -2.76. The summed E-state index contributed by atoms with van der Waals surface area (Å²) in [6, 6.07) is -5.65. The first-order valence-electron chi connectivity index (χ1n) is 31.6. The summed E-state index contributed by atoms with van der Waals surface area (Å²) in [7, 11) is -5.40. The molecule has 8 rings (SSSR count). The second kappa shape index (κ2) is 35.7. The third-order valence-corrected chi connectivity index (χ3v) is 18.5. The largest absolute Gasteiger partial charge is 0.397 e. The molecule has 0 saturated carbocycles. The number of aliphatic hydroxyl groups excluding tert-OH is 21. The lowest BCUT2D eigenvalue weighted by Gasteiger charge is -2.51. The van der Waals surface area contributed by atoms with Crippen LogP contribution in [0, 0.1) is 0 Å². The second-order valence-corrected chi connectivity index (χ2v) is 26.2. The third-order valence-electron chi connectivity index (χ3n) is 18.0. The lowest BCUT2D eigenvalue weighted by Crippen LogP contribution is -2.71. The monoisotopic (exact) mass is 1500 g/mol. The van der Waals surface area contributed by atoms with E-state index in [4.69, 9.17) is 71.1 Å². The number of carbonyl (C=O) groups is 3. The van der Waals surface area contributed by atoms with Crippen LogP contribution in [0.15, 0.2) is 0 Å². The maximum Gasteiger partial charge on any atom is 0.397 e. The topological polar surface area (TPSA) is 714 Å². The summed E-state index contributed by atoms with van der Waals surface area (Å²) in [6.45, 7) is -3.38. The number of ether oxygens (including phenoxy) is 15. The van der Waals surface area contributed by atoms with Crippen molar-refractivity contribution in [2.75, 3.05) is 46.2 Å². The Bertz CT molecular complexity index is 2760. The number of hydrogen-bond acceptors (Lipinski definition) is 42. The molecule has 0 aromatic heterocycles. The molecule has 586 valence electrons. The summed E-state index contributed by atoms with van der Waals surface area (Å²) in [5, 5.41) is 239. The minimum atomic E-state index is -5.40. The highest BCUT2D eigenvalue weighted by atomic mass is 32.3. The van der Waals surface area contributed by atoms with Gasteiger partial charge in [-0.25, -0.2) is 4.18 Å². The smallest absolute Gasteiger partial charge is 0.394 e. The normalized spacial score (nSPS) is 48.6. The number of hydrogen-bond donors (Lipinski definition) is 25. The zero-order chi connectivity index (χ0) is 74.7. The molecule has 40 atom stereocenters. The molecule has 25 N–H and O–H groups in total. The van der Waals surface area contributed by atoms with Crippen molar-refractivity contribution in [2.24, 2.45) is 0 Å². The van der Waals surface area contributed by atoms with Gasteiger partial charge in [0, 0.05) is 20.8 Å². The highest BCUT2D eigenvalue weighted by molar-refractivity contribution is 7.80. The van der Waals surface area contributed by atoms with Crippen molar-refractivity contribution in [3.8, 4) is 0 Å². The number of aliphatic hydroxyl groups is 21. The summed E-state index contributed by atoms with van der Waals surface area (Å²) in [4.78, 5) is 38.3. The molecule has 0 aromatic rings. The molecule has 8 fully saturated rings. The molecule has 8 aliphatic heterocycles. The SMILES string of the molecule is CC(=O)N[C@@H]1[C@@H](O)[C@H](O[C@@H]2O[C@H](CO)[C@@H](O[C@@H]3O[C@H](CO[C@H]4O[C@H](CO)[C@@H](O)[C@H](O)[C@@H]4O)[C@@H](O)[C@H](O[C@H]4O[C@H](CO)[C@@H](O)[C@H](O)[C@@H]4O[C@@H]4O[C@H](CO)[C@@H](O)[C@H](O[C@@H]5O[C@H](CO)[C@H](OS(=O)(=O)O)[C@H](O)[C@H]5O)[C@H]4NC(C)=O)[C@@H]3O)[C@H](O)[C@H]2NC(C)=O)[C@@H](CO[C@@H]2O[C@@H](C)[C@@H](O)[C@@H](O)[C@@H]2O)O[C@H]1O. The second-order valence-electron chi connectivity index (χ2n) is 25.1. The van der Waals surface area contributed by atoms with Gasteiger partial charge in [0.25, 0.3) is 0 Å². The van der Waals surface area contributed by atoms with E-state index in [1.807, 2.05) is 0 Å². The molecule has 0 spiro atoms. The first-order valence-corrected chi connectivity index (χ1v) is 33.0. The van der Waals surface area contributed by atoms with Crippen molar-refractivity contribution in [2.45, 2.75) is 273 Å². The fraction of sp³-hybridized carbons (Fsp3) is 0.944. The van der Waals surface area contributed by atoms with Crippen LogP contribution < -0.4 is 16.0 Å². The minimum Gasteiger partial charge on any atom is -0.394 e. The molecule has 46 nitrogen and oxygen atoms in total. The Morgan fingerprint density at radius 2 is 0.693 bits per heavy atom. The molecule has 0 aliphatic carbocycles. The number of carbonyl (C=O) groups excluding carboxylic acids is 3. The quantitative estimate of drug-likeness (QED) is 0.0358. The van der Waals surface area contributed by atoms with Gasteiger partial charge in [0.1, 0.15) is 189 Å². The first-order chi connectivity index (χ1) is 47.5. The molecular formula is C54H91N3O43S. The summed E-state index contributed by atoms with van der Waals surface area (Å²) in [5.41, 5.74) is 0. The van der Waals surface area contributed by atoms with Gasteiger partial charge in [0.05, 0.1) is 52.4 Å². The Hall–Kier alpha value is -3.16. The molecule has 0 aromatic carbocycles. The van der Waals surface area contributed by atoms with Gasteiger partial charge in [-0.2, -0.15) is 8.42 Å². The molecule has 47 heteroatoms. The minimum absolute atomic E-state index is 0.813. The van der Waals surface area contributed by atoms with Crippen LogP contribution in [0.2, 0.25) is 0 Å². The van der Waals surface area contributed by atoms with Gasteiger partial charge in [-0.05, 0) is 6.92 Å². The Kier molecular flexibility index (Phi) is 29.5. The van der Waals surface area contributed by atoms with E-state index in [9.17, 15) is 135 Å². The van der Waals surface area contributed by atoms with E-state index >= 15 is 0 Å². The standard InChI is InChI=1S/C54H91N3O43S/c1-12-26(66)33(73)37(77)50(87-12)86-11-22-42(31(71)23(47(81)88-22)55-13(2)63)95-48-24(56-14(3)64)32(72)41(19(8-61)92-48)96-53-40(80)45(30(70)21(94-53)10-85-51-38(78)34(74)27(67)16(5-58)90-51)98-54-46(35(75)28(68)17(6-59)91-54)99-49-25(57-15(4)65)44(29(69)18(7-60)89-49)97-52-39(79)36(76)43(20(9-62)93-52)100-101(82,83)84/h12,16-54,58-62,66-81H,5-11H2,1-4H3,(H,55,63)(H,56,64)(H,57,65)(H,82,83,84)/t12-,16+,17+,18+,19+,20+,21+,22+,23+,24+,25+,26+,27+,28+,29+,30+,31+,32+,33+,34-,35-,36+,37-,38-,39+,40-,41+,42+,43-,44+,45-,46-,47+,48-,49-,50+,51-,52-,53-,54+/m0/s1. The Labute approximate surface area is 572 Å². The van der Waals surface area contributed by atoms with Gasteiger partial charge in [-0.3, -0.25) is 18.9 Å². The lowest BCUT2D eigenvalue weighted by molar-refractivity contribution is -0.397. The van der Waals surface area contributed by atoms with Crippen LogP contribution in [0.1, 0.15) is 27.7 Å². The number of amides is 3. The van der Waals surface area contributed by atoms with E-state index in [1.165, 1.54) is 6.92 Å². The third kappa shape index (κ3) is 19.0. The molecule has 8 heterocycles. The van der Waals surface area contributed by atoms with Crippen LogP contribution in [0.4, 0.5) is 0 Å². The van der Waals surface area contributed by atoms with Gasteiger partial charge < -0.3 is 194 Å². The van der Waals surface area contributed by atoms with Gasteiger partial charge in [0.2, 0.25) is 17.7 Å². The average molecular weight is 1500 g/mol. The first kappa shape index (κ1) is 83.5. The summed E-state index contributed by atoms with van der Waals surface area (Å²) in [6.07, 6.45) is -76.3. The fourth-order valence-electron chi connectivity index (χ4n) is 12.7.